The van der Waals surface area contributed by atoms with Crippen molar-refractivity contribution in [3.63, 3.8) is 0 Å². The van der Waals surface area contributed by atoms with E-state index in [4.69, 9.17) is 28.9 Å². The molecular formula is C17H19Cl2N. The molecule has 0 aromatic heterocycles. The molecule has 1 atom stereocenters. The van der Waals surface area contributed by atoms with Gasteiger partial charge in [0, 0.05) is 16.0 Å². The fraction of sp³-hybridized carbons (Fsp3) is 0.294. The number of aryl methyl sites for hydroxylation is 2. The number of nitrogens with two attached hydrogens (primary N) is 1. The summed E-state index contributed by atoms with van der Waals surface area (Å²) in [6, 6.07) is 12.2. The van der Waals surface area contributed by atoms with Crippen LogP contribution < -0.4 is 5.73 Å². The molecule has 1 unspecified atom stereocenters. The van der Waals surface area contributed by atoms with Gasteiger partial charge in [0.2, 0.25) is 0 Å². The Hall–Kier alpha value is -1.02. The fourth-order valence-electron chi connectivity index (χ4n) is 2.54. The van der Waals surface area contributed by atoms with Crippen molar-refractivity contribution in [2.75, 3.05) is 6.54 Å². The summed E-state index contributed by atoms with van der Waals surface area (Å²) in [5.74, 6) is 0.271. The predicted molar refractivity (Wildman–Crippen MR) is 87.9 cm³/mol. The Morgan fingerprint density at radius 3 is 2.20 bits per heavy atom. The van der Waals surface area contributed by atoms with Crippen LogP contribution in [0.1, 0.15) is 28.2 Å². The van der Waals surface area contributed by atoms with Gasteiger partial charge in [-0.3, -0.25) is 0 Å². The van der Waals surface area contributed by atoms with Crippen LogP contribution in [-0.4, -0.2) is 6.54 Å². The largest absolute Gasteiger partial charge is 0.330 e. The van der Waals surface area contributed by atoms with Gasteiger partial charge in [0.15, 0.2) is 0 Å². The van der Waals surface area contributed by atoms with E-state index in [2.05, 4.69) is 32.0 Å². The molecule has 2 rings (SSSR count). The quantitative estimate of drug-likeness (QED) is 0.854. The number of rotatable bonds is 4. The van der Waals surface area contributed by atoms with Gasteiger partial charge in [0.1, 0.15) is 0 Å². The van der Waals surface area contributed by atoms with Crippen molar-refractivity contribution in [3.05, 3.63) is 68.7 Å². The van der Waals surface area contributed by atoms with Crippen molar-refractivity contribution < 1.29 is 0 Å². The molecule has 3 heteroatoms. The van der Waals surface area contributed by atoms with Crippen LogP contribution in [0.15, 0.2) is 36.4 Å². The Bertz CT molecular complexity index is 588. The molecule has 0 bridgehead atoms. The van der Waals surface area contributed by atoms with E-state index >= 15 is 0 Å². The molecule has 106 valence electrons. The lowest BCUT2D eigenvalue weighted by molar-refractivity contribution is 0.693. The van der Waals surface area contributed by atoms with Gasteiger partial charge in [-0.05, 0) is 50.1 Å². The second-order valence-electron chi connectivity index (χ2n) is 5.29. The molecule has 0 amide bonds. The van der Waals surface area contributed by atoms with Gasteiger partial charge in [0.05, 0.1) is 0 Å². The zero-order chi connectivity index (χ0) is 14.7. The highest BCUT2D eigenvalue weighted by atomic mass is 35.5. The second kappa shape index (κ2) is 6.62. The van der Waals surface area contributed by atoms with E-state index in [1.54, 1.807) is 6.07 Å². The van der Waals surface area contributed by atoms with Crippen LogP contribution in [0.2, 0.25) is 10.0 Å². The number of hydrogen-bond acceptors (Lipinski definition) is 1. The topological polar surface area (TPSA) is 26.0 Å². The second-order valence-corrected chi connectivity index (χ2v) is 6.14. The normalized spacial score (nSPS) is 12.4. The molecule has 0 radical (unpaired) electrons. The monoisotopic (exact) mass is 307 g/mol. The summed E-state index contributed by atoms with van der Waals surface area (Å²) in [4.78, 5) is 0. The molecule has 0 aliphatic rings. The predicted octanol–water partition coefficient (Wildman–Crippen LogP) is 4.90. The maximum atomic E-state index is 6.26. The smallest absolute Gasteiger partial charge is 0.0453 e. The first kappa shape index (κ1) is 15.4. The first-order valence-electron chi connectivity index (χ1n) is 6.72. The van der Waals surface area contributed by atoms with E-state index in [1.165, 1.54) is 16.7 Å². The minimum atomic E-state index is 0.271. The minimum Gasteiger partial charge on any atom is -0.330 e. The molecule has 20 heavy (non-hydrogen) atoms. The number of hydrogen-bond donors (Lipinski definition) is 1. The molecule has 0 aliphatic carbocycles. The molecular weight excluding hydrogens is 289 g/mol. The molecule has 0 fully saturated rings. The van der Waals surface area contributed by atoms with Crippen LogP contribution in [-0.2, 0) is 6.42 Å². The summed E-state index contributed by atoms with van der Waals surface area (Å²) in [6.07, 6.45) is 0.829. The van der Waals surface area contributed by atoms with Crippen molar-refractivity contribution in [2.45, 2.75) is 26.2 Å². The van der Waals surface area contributed by atoms with E-state index in [0.29, 0.717) is 16.6 Å². The summed E-state index contributed by atoms with van der Waals surface area (Å²) in [6.45, 7) is 4.82. The standard InChI is InChI=1S/C17H19Cl2N/c1-11-5-12(2)7-14(6-11)15(10-20)8-13-3-4-16(18)9-17(13)19/h3-7,9,15H,8,10,20H2,1-2H3. The Morgan fingerprint density at radius 2 is 1.65 bits per heavy atom. The third-order valence-electron chi connectivity index (χ3n) is 3.48. The highest BCUT2D eigenvalue weighted by molar-refractivity contribution is 6.35. The van der Waals surface area contributed by atoms with E-state index < -0.39 is 0 Å². The van der Waals surface area contributed by atoms with Gasteiger partial charge >= 0.3 is 0 Å². The van der Waals surface area contributed by atoms with E-state index in [-0.39, 0.29) is 5.92 Å². The van der Waals surface area contributed by atoms with Crippen molar-refractivity contribution in [1.82, 2.24) is 0 Å². The molecule has 0 saturated carbocycles. The fourth-order valence-corrected chi connectivity index (χ4v) is 3.02. The van der Waals surface area contributed by atoms with Crippen LogP contribution >= 0.6 is 23.2 Å². The van der Waals surface area contributed by atoms with E-state index in [0.717, 1.165) is 12.0 Å². The van der Waals surface area contributed by atoms with Crippen LogP contribution in [0.3, 0.4) is 0 Å². The summed E-state index contributed by atoms with van der Waals surface area (Å²) < 4.78 is 0. The summed E-state index contributed by atoms with van der Waals surface area (Å²) in [5.41, 5.74) is 10.9. The van der Waals surface area contributed by atoms with E-state index in [1.807, 2.05) is 12.1 Å². The highest BCUT2D eigenvalue weighted by Crippen LogP contribution is 2.27. The van der Waals surface area contributed by atoms with Crippen LogP contribution in [0.25, 0.3) is 0 Å². The van der Waals surface area contributed by atoms with Crippen molar-refractivity contribution in [2.24, 2.45) is 5.73 Å². The first-order chi connectivity index (χ1) is 9.49. The van der Waals surface area contributed by atoms with Crippen molar-refractivity contribution in [3.8, 4) is 0 Å². The Kier molecular flexibility index (Phi) is 5.09. The molecule has 0 heterocycles. The number of benzene rings is 2. The van der Waals surface area contributed by atoms with Gasteiger partial charge in [-0.25, -0.2) is 0 Å². The lowest BCUT2D eigenvalue weighted by Crippen LogP contribution is -2.15. The third-order valence-corrected chi connectivity index (χ3v) is 4.07. The van der Waals surface area contributed by atoms with Gasteiger partial charge in [0.25, 0.3) is 0 Å². The van der Waals surface area contributed by atoms with Crippen LogP contribution in [0, 0.1) is 13.8 Å². The molecule has 2 aromatic carbocycles. The maximum absolute atomic E-state index is 6.26. The zero-order valence-corrected chi connectivity index (χ0v) is 13.3. The van der Waals surface area contributed by atoms with Crippen molar-refractivity contribution in [1.29, 1.82) is 0 Å². The molecule has 0 spiro atoms. The van der Waals surface area contributed by atoms with Crippen LogP contribution in [0.4, 0.5) is 0 Å². The molecule has 2 N–H and O–H groups in total. The Morgan fingerprint density at radius 1 is 1.00 bits per heavy atom. The lowest BCUT2D eigenvalue weighted by Gasteiger charge is -2.17. The summed E-state index contributed by atoms with van der Waals surface area (Å²) in [7, 11) is 0. The van der Waals surface area contributed by atoms with Crippen LogP contribution in [0.5, 0.6) is 0 Å². The maximum Gasteiger partial charge on any atom is 0.0453 e. The highest BCUT2D eigenvalue weighted by Gasteiger charge is 2.13. The Labute approximate surface area is 130 Å². The average Bonchev–Trinajstić information content (AvgIpc) is 2.36. The van der Waals surface area contributed by atoms with Gasteiger partial charge in [-0.1, -0.05) is 58.6 Å². The lowest BCUT2D eigenvalue weighted by atomic mass is 9.90. The summed E-state index contributed by atoms with van der Waals surface area (Å²) in [5, 5.41) is 1.37. The number of halogens is 2. The Balaban J connectivity index is 2.28. The van der Waals surface area contributed by atoms with Gasteiger partial charge < -0.3 is 5.73 Å². The first-order valence-corrected chi connectivity index (χ1v) is 7.47. The minimum absolute atomic E-state index is 0.271. The third kappa shape index (κ3) is 3.76. The van der Waals surface area contributed by atoms with Gasteiger partial charge in [-0.2, -0.15) is 0 Å². The zero-order valence-electron chi connectivity index (χ0n) is 11.8. The molecule has 0 saturated heterocycles. The average molecular weight is 308 g/mol. The van der Waals surface area contributed by atoms with Gasteiger partial charge in [-0.15, -0.1) is 0 Å². The SMILES string of the molecule is Cc1cc(C)cc(C(CN)Cc2ccc(Cl)cc2Cl)c1. The molecule has 1 nitrogen and oxygen atoms in total. The molecule has 2 aromatic rings. The molecule has 0 aliphatic heterocycles. The van der Waals surface area contributed by atoms with Crippen molar-refractivity contribution >= 4 is 23.2 Å². The van der Waals surface area contributed by atoms with E-state index in [9.17, 15) is 0 Å². The summed E-state index contributed by atoms with van der Waals surface area (Å²) >= 11 is 12.2.